The molecule has 7 nitrogen and oxygen atoms in total. The van der Waals surface area contributed by atoms with Gasteiger partial charge in [0.05, 0.1) is 11.1 Å². The molecule has 0 aliphatic carbocycles. The maximum atomic E-state index is 10.8. The van der Waals surface area contributed by atoms with Crippen LogP contribution in [-0.4, -0.2) is 64.7 Å². The van der Waals surface area contributed by atoms with E-state index in [0.29, 0.717) is 6.07 Å². The minimum Gasteiger partial charge on any atom is -0.478 e. The van der Waals surface area contributed by atoms with Crippen molar-refractivity contribution in [3.63, 3.8) is 0 Å². The molecule has 1 radical (unpaired) electrons. The van der Waals surface area contributed by atoms with Gasteiger partial charge in [-0.2, -0.15) is 8.42 Å². The van der Waals surface area contributed by atoms with Gasteiger partial charge in [0.25, 0.3) is 10.1 Å². The molecule has 0 atom stereocenters. The van der Waals surface area contributed by atoms with E-state index >= 15 is 0 Å². The van der Waals surface area contributed by atoms with Crippen LogP contribution in [-0.2, 0) is 10.1 Å². The topological polar surface area (TPSA) is 129 Å². The van der Waals surface area contributed by atoms with Crippen molar-refractivity contribution in [1.29, 1.82) is 0 Å². The van der Waals surface area contributed by atoms with Gasteiger partial charge in [-0.05, 0) is 18.2 Å². The molecule has 1 aromatic rings. The SMILES string of the molecule is O=C(O)c1ccc(S(=O)(=O)O)c(C(=O)O)c1.[Na]. The number of carboxylic acids is 2. The van der Waals surface area contributed by atoms with Crippen molar-refractivity contribution in [3.05, 3.63) is 29.3 Å². The Labute approximate surface area is 118 Å². The summed E-state index contributed by atoms with van der Waals surface area (Å²) in [6, 6.07) is 2.27. The molecule has 87 valence electrons. The van der Waals surface area contributed by atoms with Crippen LogP contribution in [0.25, 0.3) is 0 Å². The third-order valence-electron chi connectivity index (χ3n) is 1.73. The van der Waals surface area contributed by atoms with Gasteiger partial charge in [0.2, 0.25) is 0 Å². The molecule has 0 aromatic heterocycles. The van der Waals surface area contributed by atoms with Crippen molar-refractivity contribution in [2.75, 3.05) is 0 Å². The van der Waals surface area contributed by atoms with Gasteiger partial charge in [-0.25, -0.2) is 9.59 Å². The quantitative estimate of drug-likeness (QED) is 0.518. The van der Waals surface area contributed by atoms with Gasteiger partial charge in [0.1, 0.15) is 4.90 Å². The van der Waals surface area contributed by atoms with E-state index < -0.39 is 32.5 Å². The molecule has 0 amide bonds. The molecule has 0 unspecified atom stereocenters. The van der Waals surface area contributed by atoms with Crippen LogP contribution in [0, 0.1) is 0 Å². The van der Waals surface area contributed by atoms with E-state index in [1.54, 1.807) is 0 Å². The third-order valence-corrected chi connectivity index (χ3v) is 2.65. The average Bonchev–Trinajstić information content (AvgIpc) is 2.15. The fourth-order valence-corrected chi connectivity index (χ4v) is 1.72. The minimum atomic E-state index is -4.69. The summed E-state index contributed by atoms with van der Waals surface area (Å²) in [5.74, 6) is -3.04. The summed E-state index contributed by atoms with van der Waals surface area (Å²) in [7, 11) is -4.69. The fraction of sp³-hybridized carbons (Fsp3) is 0. The first-order chi connectivity index (χ1) is 7.23. The number of hydrogen-bond donors (Lipinski definition) is 3. The van der Waals surface area contributed by atoms with Gasteiger partial charge in [-0.1, -0.05) is 0 Å². The molecule has 0 aliphatic rings. The van der Waals surface area contributed by atoms with Crippen LogP contribution < -0.4 is 0 Å². The predicted octanol–water partition coefficient (Wildman–Crippen LogP) is -0.0511. The van der Waals surface area contributed by atoms with Crippen LogP contribution in [0.15, 0.2) is 23.1 Å². The molecule has 1 rings (SSSR count). The summed E-state index contributed by atoms with van der Waals surface area (Å²) >= 11 is 0. The molecule has 17 heavy (non-hydrogen) atoms. The summed E-state index contributed by atoms with van der Waals surface area (Å²) in [6.45, 7) is 0. The number of benzene rings is 1. The predicted molar refractivity (Wildman–Crippen MR) is 55.9 cm³/mol. The Hall–Kier alpha value is -0.930. The van der Waals surface area contributed by atoms with Gasteiger partial charge < -0.3 is 10.2 Å². The smallest absolute Gasteiger partial charge is 0.337 e. The Kier molecular flexibility index (Phi) is 5.30. The van der Waals surface area contributed by atoms with E-state index in [9.17, 15) is 18.0 Å². The third kappa shape index (κ3) is 3.79. The standard InChI is InChI=1S/C8H6O7S.Na/c9-7(10)4-1-2-6(16(13,14)15)5(3-4)8(11)12;/h1-3H,(H,9,10)(H,11,12)(H,13,14,15);. The van der Waals surface area contributed by atoms with Gasteiger partial charge >= 0.3 is 11.9 Å². The number of rotatable bonds is 3. The van der Waals surface area contributed by atoms with E-state index in [2.05, 4.69) is 0 Å². The molecule has 0 heterocycles. The first kappa shape index (κ1) is 16.1. The van der Waals surface area contributed by atoms with Gasteiger partial charge in [-0.15, -0.1) is 0 Å². The van der Waals surface area contributed by atoms with Crippen LogP contribution in [0.3, 0.4) is 0 Å². The van der Waals surface area contributed by atoms with E-state index in [-0.39, 0.29) is 35.1 Å². The fourth-order valence-electron chi connectivity index (χ4n) is 1.06. The van der Waals surface area contributed by atoms with Crippen molar-refractivity contribution in [3.8, 4) is 0 Å². The summed E-state index contributed by atoms with van der Waals surface area (Å²) in [5, 5.41) is 17.2. The van der Waals surface area contributed by atoms with Crippen molar-refractivity contribution in [1.82, 2.24) is 0 Å². The zero-order valence-corrected chi connectivity index (χ0v) is 11.4. The molecule has 9 heteroatoms. The monoisotopic (exact) mass is 269 g/mol. The summed E-state index contributed by atoms with van der Waals surface area (Å²) in [5.41, 5.74) is -1.17. The van der Waals surface area contributed by atoms with E-state index in [1.807, 2.05) is 0 Å². The molecule has 0 saturated heterocycles. The van der Waals surface area contributed by atoms with Crippen molar-refractivity contribution < 1.29 is 32.8 Å². The number of carbonyl (C=O) groups is 2. The molecule has 0 saturated carbocycles. The van der Waals surface area contributed by atoms with Crippen molar-refractivity contribution in [2.45, 2.75) is 4.90 Å². The second-order valence-electron chi connectivity index (χ2n) is 2.80. The van der Waals surface area contributed by atoms with Crippen LogP contribution in [0.2, 0.25) is 0 Å². The molecular weight excluding hydrogens is 263 g/mol. The zero-order valence-electron chi connectivity index (χ0n) is 8.61. The Bertz CT molecular complexity index is 563. The number of hydrogen-bond acceptors (Lipinski definition) is 4. The second-order valence-corrected chi connectivity index (χ2v) is 4.19. The molecule has 0 bridgehead atoms. The Morgan fingerprint density at radius 3 is 1.94 bits per heavy atom. The van der Waals surface area contributed by atoms with Crippen molar-refractivity contribution >= 4 is 51.6 Å². The average molecular weight is 269 g/mol. The molecule has 1 aromatic carbocycles. The van der Waals surface area contributed by atoms with E-state index in [4.69, 9.17) is 14.8 Å². The van der Waals surface area contributed by atoms with Crippen LogP contribution in [0.4, 0.5) is 0 Å². The molecule has 0 aliphatic heterocycles. The Balaban J connectivity index is 0.00000256. The van der Waals surface area contributed by atoms with Crippen molar-refractivity contribution in [2.24, 2.45) is 0 Å². The first-order valence-corrected chi connectivity index (χ1v) is 5.25. The summed E-state index contributed by atoms with van der Waals surface area (Å²) in [6.07, 6.45) is 0. The maximum absolute atomic E-state index is 10.8. The van der Waals surface area contributed by atoms with Crippen LogP contribution >= 0.6 is 0 Å². The van der Waals surface area contributed by atoms with E-state index in [0.717, 1.165) is 12.1 Å². The minimum absolute atomic E-state index is 0. The largest absolute Gasteiger partial charge is 0.478 e. The Morgan fingerprint density at radius 1 is 1.06 bits per heavy atom. The van der Waals surface area contributed by atoms with Gasteiger partial charge in [0, 0.05) is 29.6 Å². The van der Waals surface area contributed by atoms with Crippen LogP contribution in [0.1, 0.15) is 20.7 Å². The second kappa shape index (κ2) is 5.61. The maximum Gasteiger partial charge on any atom is 0.337 e. The number of carboxylic acid groups (broad SMARTS) is 2. The van der Waals surface area contributed by atoms with E-state index in [1.165, 1.54) is 0 Å². The van der Waals surface area contributed by atoms with Crippen LogP contribution in [0.5, 0.6) is 0 Å². The normalized spacial score (nSPS) is 10.4. The summed E-state index contributed by atoms with van der Waals surface area (Å²) in [4.78, 5) is 20.4. The zero-order chi connectivity index (χ0) is 12.5. The number of aromatic carboxylic acids is 2. The summed E-state index contributed by atoms with van der Waals surface area (Å²) < 4.78 is 30.3. The van der Waals surface area contributed by atoms with Gasteiger partial charge in [-0.3, -0.25) is 4.55 Å². The molecule has 0 spiro atoms. The Morgan fingerprint density at radius 2 is 1.59 bits per heavy atom. The molecule has 0 fully saturated rings. The molecule has 3 N–H and O–H groups in total. The van der Waals surface area contributed by atoms with Gasteiger partial charge in [0.15, 0.2) is 0 Å². The first-order valence-electron chi connectivity index (χ1n) is 3.81. The molecular formula is C8H6NaO7S.